The monoisotopic (exact) mass is 257 g/mol. The number of hydrogen-bond acceptors (Lipinski definition) is 4. The molecule has 1 fully saturated rings. The van der Waals surface area contributed by atoms with E-state index in [9.17, 15) is 4.79 Å². The average molecular weight is 257 g/mol. The molecule has 1 aliphatic rings. The fourth-order valence-electron chi connectivity index (χ4n) is 2.55. The summed E-state index contributed by atoms with van der Waals surface area (Å²) in [7, 11) is 1.74. The van der Waals surface area contributed by atoms with E-state index >= 15 is 0 Å². The Hall–Kier alpha value is -0.650. The van der Waals surface area contributed by atoms with Crippen LogP contribution in [0, 0.1) is 0 Å². The molecular formula is C13H27N3O2. The second kappa shape index (κ2) is 7.71. The van der Waals surface area contributed by atoms with Crippen LogP contribution in [0.15, 0.2) is 0 Å². The molecule has 0 saturated carbocycles. The van der Waals surface area contributed by atoms with E-state index in [-0.39, 0.29) is 11.9 Å². The lowest BCUT2D eigenvalue weighted by Crippen LogP contribution is -2.44. The summed E-state index contributed by atoms with van der Waals surface area (Å²) in [6.07, 6.45) is 1.85. The molecule has 0 spiro atoms. The Morgan fingerprint density at radius 2 is 2.17 bits per heavy atom. The van der Waals surface area contributed by atoms with Crippen LogP contribution in [0.2, 0.25) is 0 Å². The second-order valence-electron chi connectivity index (χ2n) is 4.80. The highest BCUT2D eigenvalue weighted by molar-refractivity contribution is 5.76. The zero-order valence-electron chi connectivity index (χ0n) is 11.9. The highest BCUT2D eigenvalue weighted by atomic mass is 16.5. The first-order valence-electron chi connectivity index (χ1n) is 6.90. The van der Waals surface area contributed by atoms with E-state index < -0.39 is 0 Å². The van der Waals surface area contributed by atoms with Gasteiger partial charge < -0.3 is 15.4 Å². The summed E-state index contributed by atoms with van der Waals surface area (Å²) in [5.41, 5.74) is 5.82. The van der Waals surface area contributed by atoms with Gasteiger partial charge in [0.1, 0.15) is 0 Å². The smallest absolute Gasteiger partial charge is 0.224 e. The van der Waals surface area contributed by atoms with Crippen molar-refractivity contribution in [2.75, 3.05) is 39.8 Å². The molecule has 0 bridgehead atoms. The van der Waals surface area contributed by atoms with Crippen molar-refractivity contribution in [1.82, 2.24) is 9.80 Å². The minimum atomic E-state index is 0.151. The number of carbonyl (C=O) groups excluding carboxylic acids is 1. The number of methoxy groups -OCH3 is 1. The molecule has 1 rings (SSSR count). The Morgan fingerprint density at radius 1 is 1.50 bits per heavy atom. The minimum absolute atomic E-state index is 0.151. The van der Waals surface area contributed by atoms with Crippen LogP contribution in [0.1, 0.15) is 26.7 Å². The third kappa shape index (κ3) is 3.93. The maximum atomic E-state index is 12.1. The van der Waals surface area contributed by atoms with E-state index in [1.54, 1.807) is 7.11 Å². The van der Waals surface area contributed by atoms with Crippen molar-refractivity contribution in [1.29, 1.82) is 0 Å². The van der Waals surface area contributed by atoms with E-state index in [0.29, 0.717) is 19.1 Å². The van der Waals surface area contributed by atoms with Crippen molar-refractivity contribution in [3.63, 3.8) is 0 Å². The van der Waals surface area contributed by atoms with Gasteiger partial charge in [-0.05, 0) is 20.3 Å². The van der Waals surface area contributed by atoms with Crippen LogP contribution in [-0.4, -0.2) is 67.7 Å². The second-order valence-corrected chi connectivity index (χ2v) is 4.80. The maximum absolute atomic E-state index is 12.1. The van der Waals surface area contributed by atoms with Crippen molar-refractivity contribution in [3.8, 4) is 0 Å². The van der Waals surface area contributed by atoms with Crippen LogP contribution >= 0.6 is 0 Å². The Balaban J connectivity index is 2.49. The van der Waals surface area contributed by atoms with Crippen LogP contribution in [0.25, 0.3) is 0 Å². The van der Waals surface area contributed by atoms with Crippen molar-refractivity contribution in [3.05, 3.63) is 0 Å². The Morgan fingerprint density at radius 3 is 2.61 bits per heavy atom. The molecule has 2 atom stereocenters. The zero-order chi connectivity index (χ0) is 13.5. The van der Waals surface area contributed by atoms with Crippen molar-refractivity contribution in [2.45, 2.75) is 38.8 Å². The summed E-state index contributed by atoms with van der Waals surface area (Å²) in [6, 6.07) is 0.151. The summed E-state index contributed by atoms with van der Waals surface area (Å²) >= 11 is 0. The van der Waals surface area contributed by atoms with E-state index in [1.165, 1.54) is 0 Å². The molecule has 0 radical (unpaired) electrons. The Labute approximate surface area is 110 Å². The molecule has 1 saturated heterocycles. The first-order chi connectivity index (χ1) is 8.65. The fraction of sp³-hybridized carbons (Fsp3) is 0.923. The number of rotatable bonds is 7. The summed E-state index contributed by atoms with van der Waals surface area (Å²) in [5.74, 6) is 0.205. The lowest BCUT2D eigenvalue weighted by Gasteiger charge is -2.28. The number of nitrogens with zero attached hydrogens (tertiary/aromatic N) is 2. The summed E-state index contributed by atoms with van der Waals surface area (Å²) < 4.78 is 5.35. The molecular weight excluding hydrogens is 230 g/mol. The molecule has 1 amide bonds. The predicted molar refractivity (Wildman–Crippen MR) is 72.4 cm³/mol. The molecule has 1 heterocycles. The van der Waals surface area contributed by atoms with Crippen LogP contribution in [-0.2, 0) is 9.53 Å². The molecule has 5 nitrogen and oxygen atoms in total. The lowest BCUT2D eigenvalue weighted by molar-refractivity contribution is -0.132. The van der Waals surface area contributed by atoms with Crippen LogP contribution < -0.4 is 5.73 Å². The van der Waals surface area contributed by atoms with Gasteiger partial charge in [0.2, 0.25) is 5.91 Å². The van der Waals surface area contributed by atoms with Gasteiger partial charge >= 0.3 is 0 Å². The Bertz CT molecular complexity index is 257. The minimum Gasteiger partial charge on any atom is -0.380 e. The molecule has 0 aromatic heterocycles. The summed E-state index contributed by atoms with van der Waals surface area (Å²) in [5, 5.41) is 0. The molecule has 2 unspecified atom stereocenters. The standard InChI is InChI=1S/C13H27N3O2/c1-4-15(5-2)13(17)8-11(9-14)16-7-6-12(10-16)18-3/h11-12H,4-10,14H2,1-3H3. The van der Waals surface area contributed by atoms with E-state index in [4.69, 9.17) is 10.5 Å². The normalized spacial score (nSPS) is 22.1. The number of ether oxygens (including phenoxy) is 1. The first kappa shape index (κ1) is 15.4. The van der Waals surface area contributed by atoms with Crippen LogP contribution in [0.5, 0.6) is 0 Å². The van der Waals surface area contributed by atoms with Gasteiger partial charge in [-0.2, -0.15) is 0 Å². The molecule has 1 aliphatic heterocycles. The number of carbonyl (C=O) groups is 1. The number of hydrogen-bond donors (Lipinski definition) is 1. The highest BCUT2D eigenvalue weighted by Crippen LogP contribution is 2.17. The molecule has 0 aromatic rings. The van der Waals surface area contributed by atoms with Gasteiger partial charge in [0.15, 0.2) is 0 Å². The van der Waals surface area contributed by atoms with Gasteiger partial charge in [0.05, 0.1) is 6.10 Å². The number of likely N-dealkylation sites (tertiary alicyclic amines) is 1. The summed E-state index contributed by atoms with van der Waals surface area (Å²) in [4.78, 5) is 16.2. The molecule has 5 heteroatoms. The average Bonchev–Trinajstić information content (AvgIpc) is 2.86. The molecule has 0 aromatic carbocycles. The van der Waals surface area contributed by atoms with E-state index in [1.807, 2.05) is 18.7 Å². The van der Waals surface area contributed by atoms with Crippen molar-refractivity contribution < 1.29 is 9.53 Å². The lowest BCUT2D eigenvalue weighted by atomic mass is 10.1. The van der Waals surface area contributed by atoms with E-state index in [2.05, 4.69) is 4.90 Å². The molecule has 0 aliphatic carbocycles. The molecule has 18 heavy (non-hydrogen) atoms. The zero-order valence-corrected chi connectivity index (χ0v) is 11.9. The third-order valence-electron chi connectivity index (χ3n) is 3.82. The number of nitrogens with two attached hydrogens (primary N) is 1. The summed E-state index contributed by atoms with van der Waals surface area (Å²) in [6.45, 7) is 7.96. The molecule has 106 valence electrons. The predicted octanol–water partition coefficient (Wildman–Crippen LogP) is 0.293. The topological polar surface area (TPSA) is 58.8 Å². The number of amides is 1. The van der Waals surface area contributed by atoms with E-state index in [0.717, 1.165) is 32.6 Å². The van der Waals surface area contributed by atoms with Crippen LogP contribution in [0.4, 0.5) is 0 Å². The largest absolute Gasteiger partial charge is 0.380 e. The fourth-order valence-corrected chi connectivity index (χ4v) is 2.55. The van der Waals surface area contributed by atoms with Gasteiger partial charge in [0, 0.05) is 52.3 Å². The SMILES string of the molecule is CCN(CC)C(=O)CC(CN)N1CCC(OC)C1. The van der Waals surface area contributed by atoms with Crippen molar-refractivity contribution in [2.24, 2.45) is 5.73 Å². The van der Waals surface area contributed by atoms with Crippen molar-refractivity contribution >= 4 is 5.91 Å². The van der Waals surface area contributed by atoms with Gasteiger partial charge in [-0.15, -0.1) is 0 Å². The van der Waals surface area contributed by atoms with Crippen LogP contribution in [0.3, 0.4) is 0 Å². The highest BCUT2D eigenvalue weighted by Gasteiger charge is 2.29. The van der Waals surface area contributed by atoms with Gasteiger partial charge in [0.25, 0.3) is 0 Å². The third-order valence-corrected chi connectivity index (χ3v) is 3.82. The maximum Gasteiger partial charge on any atom is 0.224 e. The molecule has 2 N–H and O–H groups in total. The van der Waals surface area contributed by atoms with Gasteiger partial charge in [-0.1, -0.05) is 0 Å². The first-order valence-corrected chi connectivity index (χ1v) is 6.90. The van der Waals surface area contributed by atoms with Gasteiger partial charge in [-0.3, -0.25) is 9.69 Å². The quantitative estimate of drug-likeness (QED) is 0.712. The van der Waals surface area contributed by atoms with Gasteiger partial charge in [-0.25, -0.2) is 0 Å². The Kier molecular flexibility index (Phi) is 6.60.